The molecule has 0 spiro atoms. The molecule has 3 nitrogen and oxygen atoms in total. The van der Waals surface area contributed by atoms with Gasteiger partial charge in [-0.3, -0.25) is 4.79 Å². The van der Waals surface area contributed by atoms with Crippen molar-refractivity contribution in [3.63, 3.8) is 0 Å². The van der Waals surface area contributed by atoms with E-state index >= 15 is 0 Å². The minimum absolute atomic E-state index is 0.0669. The highest BCUT2D eigenvalue weighted by molar-refractivity contribution is 6.34. The lowest BCUT2D eigenvalue weighted by Crippen LogP contribution is -2.20. The van der Waals surface area contributed by atoms with E-state index in [4.69, 9.17) is 11.6 Å². The van der Waals surface area contributed by atoms with Crippen molar-refractivity contribution < 1.29 is 4.79 Å². The van der Waals surface area contributed by atoms with Gasteiger partial charge in [0.2, 0.25) is 5.91 Å². The van der Waals surface area contributed by atoms with Gasteiger partial charge in [0.05, 0.1) is 16.4 Å². The molecule has 16 heavy (non-hydrogen) atoms. The zero-order chi connectivity index (χ0) is 11.5. The molecular weight excluding hydrogens is 224 g/mol. The summed E-state index contributed by atoms with van der Waals surface area (Å²) in [5.74, 6) is -0.0669. The number of nitrogens with zero attached hydrogens (tertiary/aromatic N) is 1. The Morgan fingerprint density at radius 2 is 2.06 bits per heavy atom. The van der Waals surface area contributed by atoms with Crippen molar-refractivity contribution >= 4 is 28.9 Å². The summed E-state index contributed by atoms with van der Waals surface area (Å²) in [6.45, 7) is 3.53. The van der Waals surface area contributed by atoms with Crippen molar-refractivity contribution in [2.75, 3.05) is 23.3 Å². The van der Waals surface area contributed by atoms with Crippen LogP contribution in [0.5, 0.6) is 0 Å². The molecule has 0 bridgehead atoms. The molecule has 0 aliphatic carbocycles. The maximum absolute atomic E-state index is 11.1. The Labute approximate surface area is 100 Å². The average Bonchev–Trinajstić information content (AvgIpc) is 2.69. The second-order valence-electron chi connectivity index (χ2n) is 4.01. The number of halogens is 1. The summed E-state index contributed by atoms with van der Waals surface area (Å²) in [5.41, 5.74) is 1.76. The third kappa shape index (κ3) is 2.30. The second kappa shape index (κ2) is 4.74. The lowest BCUT2D eigenvalue weighted by Gasteiger charge is -2.22. The highest BCUT2D eigenvalue weighted by atomic mass is 35.5. The number of amides is 1. The smallest absolute Gasteiger partial charge is 0.221 e. The number of hydrogen-bond donors (Lipinski definition) is 1. The SMILES string of the molecule is CC(=O)Nc1cccc(Cl)c1N1CCCC1. The van der Waals surface area contributed by atoms with E-state index in [0.717, 1.165) is 24.5 Å². The van der Waals surface area contributed by atoms with Crippen molar-refractivity contribution in [3.8, 4) is 0 Å². The van der Waals surface area contributed by atoms with Gasteiger partial charge in [0, 0.05) is 20.0 Å². The van der Waals surface area contributed by atoms with Crippen LogP contribution in [0.1, 0.15) is 19.8 Å². The molecular formula is C12H15ClN2O. The third-order valence-electron chi connectivity index (χ3n) is 2.72. The molecule has 86 valence electrons. The minimum Gasteiger partial charge on any atom is -0.369 e. The number of anilines is 2. The van der Waals surface area contributed by atoms with Crippen LogP contribution in [0, 0.1) is 0 Å². The van der Waals surface area contributed by atoms with Crippen LogP contribution in [0.2, 0.25) is 5.02 Å². The van der Waals surface area contributed by atoms with Gasteiger partial charge in [0.15, 0.2) is 0 Å². The van der Waals surface area contributed by atoms with Gasteiger partial charge in [0.25, 0.3) is 0 Å². The number of hydrogen-bond acceptors (Lipinski definition) is 2. The van der Waals surface area contributed by atoms with Crippen LogP contribution in [0.3, 0.4) is 0 Å². The standard InChI is InChI=1S/C12H15ClN2O/c1-9(16)14-11-6-4-5-10(13)12(11)15-7-2-3-8-15/h4-6H,2-3,7-8H2,1H3,(H,14,16). The number of carbonyl (C=O) groups is 1. The summed E-state index contributed by atoms with van der Waals surface area (Å²) in [4.78, 5) is 13.3. The molecule has 1 N–H and O–H groups in total. The van der Waals surface area contributed by atoms with Crippen molar-refractivity contribution in [2.24, 2.45) is 0 Å². The van der Waals surface area contributed by atoms with Gasteiger partial charge in [-0.15, -0.1) is 0 Å². The number of carbonyl (C=O) groups excluding carboxylic acids is 1. The Balaban J connectivity index is 2.35. The van der Waals surface area contributed by atoms with Crippen LogP contribution < -0.4 is 10.2 Å². The summed E-state index contributed by atoms with van der Waals surface area (Å²) < 4.78 is 0. The van der Waals surface area contributed by atoms with Gasteiger partial charge in [-0.05, 0) is 25.0 Å². The molecule has 0 saturated carbocycles. The maximum Gasteiger partial charge on any atom is 0.221 e. The van der Waals surface area contributed by atoms with Gasteiger partial charge < -0.3 is 10.2 Å². The molecule has 0 unspecified atom stereocenters. The number of para-hydroxylation sites is 1. The summed E-state index contributed by atoms with van der Waals surface area (Å²) in [5, 5.41) is 3.53. The van der Waals surface area contributed by atoms with E-state index in [2.05, 4.69) is 10.2 Å². The second-order valence-corrected chi connectivity index (χ2v) is 4.42. The number of nitrogens with one attached hydrogen (secondary N) is 1. The Morgan fingerprint density at radius 1 is 1.38 bits per heavy atom. The van der Waals surface area contributed by atoms with Crippen LogP contribution in [-0.2, 0) is 4.79 Å². The third-order valence-corrected chi connectivity index (χ3v) is 3.02. The fourth-order valence-corrected chi connectivity index (χ4v) is 2.36. The van der Waals surface area contributed by atoms with Gasteiger partial charge in [-0.25, -0.2) is 0 Å². The summed E-state index contributed by atoms with van der Waals surface area (Å²) in [7, 11) is 0. The Morgan fingerprint density at radius 3 is 2.69 bits per heavy atom. The van der Waals surface area contributed by atoms with E-state index in [1.807, 2.05) is 18.2 Å². The molecule has 0 atom stereocenters. The van der Waals surface area contributed by atoms with Crippen LogP contribution in [0.15, 0.2) is 18.2 Å². The topological polar surface area (TPSA) is 32.3 Å². The monoisotopic (exact) mass is 238 g/mol. The molecule has 1 fully saturated rings. The lowest BCUT2D eigenvalue weighted by atomic mass is 10.2. The van der Waals surface area contributed by atoms with Gasteiger partial charge in [-0.1, -0.05) is 17.7 Å². The summed E-state index contributed by atoms with van der Waals surface area (Å²) in [6.07, 6.45) is 2.37. The molecule has 1 aliphatic rings. The van der Waals surface area contributed by atoms with E-state index in [1.54, 1.807) is 0 Å². The highest BCUT2D eigenvalue weighted by Gasteiger charge is 2.18. The number of rotatable bonds is 2. The van der Waals surface area contributed by atoms with E-state index in [-0.39, 0.29) is 5.91 Å². The highest BCUT2D eigenvalue weighted by Crippen LogP contribution is 2.35. The largest absolute Gasteiger partial charge is 0.369 e. The molecule has 0 radical (unpaired) electrons. The lowest BCUT2D eigenvalue weighted by molar-refractivity contribution is -0.114. The first kappa shape index (κ1) is 11.3. The molecule has 1 aromatic carbocycles. The Kier molecular flexibility index (Phi) is 3.34. The first-order valence-electron chi connectivity index (χ1n) is 5.49. The van der Waals surface area contributed by atoms with E-state index in [9.17, 15) is 4.79 Å². The molecule has 4 heteroatoms. The quantitative estimate of drug-likeness (QED) is 0.859. The molecule has 1 aliphatic heterocycles. The first-order valence-corrected chi connectivity index (χ1v) is 5.87. The fourth-order valence-electron chi connectivity index (χ4n) is 2.07. The van der Waals surface area contributed by atoms with Crippen LogP contribution in [0.4, 0.5) is 11.4 Å². The minimum atomic E-state index is -0.0669. The van der Waals surface area contributed by atoms with Crippen molar-refractivity contribution in [3.05, 3.63) is 23.2 Å². The fraction of sp³-hybridized carbons (Fsp3) is 0.417. The predicted molar refractivity (Wildman–Crippen MR) is 67.2 cm³/mol. The molecule has 1 saturated heterocycles. The van der Waals surface area contributed by atoms with Crippen LogP contribution in [0.25, 0.3) is 0 Å². The molecule has 0 aromatic heterocycles. The zero-order valence-corrected chi connectivity index (χ0v) is 10.0. The Hall–Kier alpha value is -1.22. The van der Waals surface area contributed by atoms with Gasteiger partial charge >= 0.3 is 0 Å². The Bertz CT molecular complexity index is 400. The summed E-state index contributed by atoms with van der Waals surface area (Å²) >= 11 is 6.20. The molecule has 1 heterocycles. The van der Waals surface area contributed by atoms with Crippen molar-refractivity contribution in [1.82, 2.24) is 0 Å². The maximum atomic E-state index is 11.1. The molecule has 1 aromatic rings. The van der Waals surface area contributed by atoms with E-state index in [0.29, 0.717) is 5.02 Å². The van der Waals surface area contributed by atoms with E-state index in [1.165, 1.54) is 19.8 Å². The van der Waals surface area contributed by atoms with Crippen LogP contribution in [-0.4, -0.2) is 19.0 Å². The van der Waals surface area contributed by atoms with Gasteiger partial charge in [0.1, 0.15) is 0 Å². The average molecular weight is 239 g/mol. The molecule has 1 amide bonds. The van der Waals surface area contributed by atoms with Crippen molar-refractivity contribution in [2.45, 2.75) is 19.8 Å². The molecule has 2 rings (SSSR count). The zero-order valence-electron chi connectivity index (χ0n) is 9.29. The van der Waals surface area contributed by atoms with Gasteiger partial charge in [-0.2, -0.15) is 0 Å². The number of benzene rings is 1. The first-order chi connectivity index (χ1) is 7.68. The van der Waals surface area contributed by atoms with Crippen molar-refractivity contribution in [1.29, 1.82) is 0 Å². The predicted octanol–water partition coefficient (Wildman–Crippen LogP) is 2.90. The van der Waals surface area contributed by atoms with E-state index < -0.39 is 0 Å². The normalized spacial score (nSPS) is 15.2. The summed E-state index contributed by atoms with van der Waals surface area (Å²) in [6, 6.07) is 5.61. The van der Waals surface area contributed by atoms with Crippen LogP contribution >= 0.6 is 11.6 Å².